The van der Waals surface area contributed by atoms with Gasteiger partial charge in [0.25, 0.3) is 5.91 Å². The van der Waals surface area contributed by atoms with Gasteiger partial charge in [-0.2, -0.15) is 0 Å². The summed E-state index contributed by atoms with van der Waals surface area (Å²) in [5, 5.41) is 15.0. The number of nitrogens with zero attached hydrogens (tertiary/aromatic N) is 3. The van der Waals surface area contributed by atoms with E-state index in [1.165, 1.54) is 11.3 Å². The van der Waals surface area contributed by atoms with Gasteiger partial charge in [0.15, 0.2) is 0 Å². The summed E-state index contributed by atoms with van der Waals surface area (Å²) < 4.78 is 0. The van der Waals surface area contributed by atoms with Gasteiger partial charge in [-0.1, -0.05) is 49.4 Å². The van der Waals surface area contributed by atoms with Crippen LogP contribution in [0.4, 0.5) is 16.5 Å². The minimum Gasteiger partial charge on any atom is -0.326 e. The molecule has 2 heterocycles. The van der Waals surface area contributed by atoms with Crippen LogP contribution in [0, 0.1) is 12.8 Å². The van der Waals surface area contributed by atoms with Crippen molar-refractivity contribution in [3.63, 3.8) is 0 Å². The zero-order valence-corrected chi connectivity index (χ0v) is 19.5. The third-order valence-electron chi connectivity index (χ3n) is 5.46. The first-order valence-corrected chi connectivity index (χ1v) is 11.5. The molecule has 3 amide bonds. The van der Waals surface area contributed by atoms with Crippen molar-refractivity contribution in [1.82, 2.24) is 10.2 Å². The molecule has 0 spiro atoms. The minimum absolute atomic E-state index is 0.0512. The molecule has 0 aliphatic carbocycles. The second-order valence-electron chi connectivity index (χ2n) is 8.32. The smallest absolute Gasteiger partial charge is 0.257 e. The lowest BCUT2D eigenvalue weighted by molar-refractivity contribution is -0.119. The largest absolute Gasteiger partial charge is 0.326 e. The highest BCUT2D eigenvalue weighted by Gasteiger charge is 2.34. The predicted molar refractivity (Wildman–Crippen MR) is 129 cm³/mol. The zero-order valence-electron chi connectivity index (χ0n) is 18.7. The van der Waals surface area contributed by atoms with E-state index < -0.39 is 0 Å². The van der Waals surface area contributed by atoms with E-state index in [9.17, 15) is 14.4 Å². The summed E-state index contributed by atoms with van der Waals surface area (Å²) in [7, 11) is 0. The quantitative estimate of drug-likeness (QED) is 0.570. The average molecular weight is 464 g/mol. The molecule has 170 valence electrons. The second-order valence-corrected chi connectivity index (χ2v) is 9.33. The van der Waals surface area contributed by atoms with Gasteiger partial charge in [0.1, 0.15) is 5.01 Å². The van der Waals surface area contributed by atoms with Gasteiger partial charge in [0.2, 0.25) is 16.9 Å². The summed E-state index contributed by atoms with van der Waals surface area (Å²) in [6.45, 7) is 6.12. The Hall–Kier alpha value is -3.59. The molecule has 1 atom stereocenters. The lowest BCUT2D eigenvalue weighted by Gasteiger charge is -2.18. The number of aryl methyl sites for hydroxylation is 1. The van der Waals surface area contributed by atoms with Crippen LogP contribution in [0.5, 0.6) is 0 Å². The molecule has 1 aliphatic rings. The number of amides is 3. The minimum atomic E-state index is -0.345. The van der Waals surface area contributed by atoms with Crippen molar-refractivity contribution in [3.05, 3.63) is 64.7 Å². The molecule has 0 saturated carbocycles. The number of para-hydroxylation sites is 1. The first-order valence-electron chi connectivity index (χ1n) is 10.7. The molecule has 0 radical (unpaired) electrons. The highest BCUT2D eigenvalue weighted by molar-refractivity contribution is 7.15. The molecule has 2 aromatic carbocycles. The fraction of sp³-hybridized carbons (Fsp3) is 0.292. The molecule has 8 nitrogen and oxygen atoms in total. The van der Waals surface area contributed by atoms with E-state index in [2.05, 4.69) is 20.8 Å². The maximum Gasteiger partial charge on any atom is 0.257 e. The van der Waals surface area contributed by atoms with Gasteiger partial charge < -0.3 is 10.2 Å². The van der Waals surface area contributed by atoms with Crippen LogP contribution in [0.1, 0.15) is 47.1 Å². The molecule has 1 fully saturated rings. The number of benzene rings is 2. The van der Waals surface area contributed by atoms with Gasteiger partial charge in [-0.25, -0.2) is 0 Å². The van der Waals surface area contributed by atoms with Crippen LogP contribution in [-0.4, -0.2) is 34.5 Å². The van der Waals surface area contributed by atoms with Crippen molar-refractivity contribution in [3.8, 4) is 0 Å². The molecule has 0 bridgehead atoms. The molecule has 9 heteroatoms. The molecule has 1 aliphatic heterocycles. The van der Waals surface area contributed by atoms with Crippen LogP contribution >= 0.6 is 11.3 Å². The van der Waals surface area contributed by atoms with Crippen LogP contribution in [0.2, 0.25) is 0 Å². The number of nitrogens with one attached hydrogen (secondary N) is 2. The zero-order chi connectivity index (χ0) is 23.5. The van der Waals surface area contributed by atoms with Crippen LogP contribution < -0.4 is 15.5 Å². The predicted octanol–water partition coefficient (Wildman–Crippen LogP) is 4.21. The molecule has 33 heavy (non-hydrogen) atoms. The average Bonchev–Trinajstić information content (AvgIpc) is 3.40. The van der Waals surface area contributed by atoms with E-state index in [0.717, 1.165) is 11.3 Å². The summed E-state index contributed by atoms with van der Waals surface area (Å²) in [5.41, 5.74) is 2.91. The summed E-state index contributed by atoms with van der Waals surface area (Å²) in [6.07, 6.45) is 0.356. The number of hydrogen-bond acceptors (Lipinski definition) is 6. The third-order valence-corrected chi connectivity index (χ3v) is 6.46. The number of carbonyl (C=O) groups excluding carboxylic acids is 3. The highest BCUT2D eigenvalue weighted by atomic mass is 32.1. The second kappa shape index (κ2) is 9.50. The van der Waals surface area contributed by atoms with Crippen molar-refractivity contribution in [2.75, 3.05) is 22.1 Å². The first kappa shape index (κ1) is 22.6. The topological polar surface area (TPSA) is 104 Å². The van der Waals surface area contributed by atoms with Gasteiger partial charge in [0.05, 0.1) is 0 Å². The van der Waals surface area contributed by atoms with E-state index in [1.54, 1.807) is 43.0 Å². The molecular formula is C24H25N5O3S. The lowest BCUT2D eigenvalue weighted by atomic mass is 10.1. The molecule has 1 aromatic heterocycles. The summed E-state index contributed by atoms with van der Waals surface area (Å²) in [5.74, 6) is -0.647. The van der Waals surface area contributed by atoms with Crippen LogP contribution in [0.15, 0.2) is 48.5 Å². The van der Waals surface area contributed by atoms with Crippen molar-refractivity contribution in [1.29, 1.82) is 0 Å². The Morgan fingerprint density at radius 1 is 1.09 bits per heavy atom. The van der Waals surface area contributed by atoms with Crippen molar-refractivity contribution < 1.29 is 14.4 Å². The number of carbonyl (C=O) groups is 3. The number of hydrogen-bond donors (Lipinski definition) is 2. The number of rotatable bonds is 6. The third kappa shape index (κ3) is 5.09. The Morgan fingerprint density at radius 3 is 2.64 bits per heavy atom. The Bertz CT molecular complexity index is 1210. The summed E-state index contributed by atoms with van der Waals surface area (Å²) >= 11 is 1.27. The van der Waals surface area contributed by atoms with Crippen molar-refractivity contribution in [2.24, 2.45) is 5.92 Å². The molecule has 0 unspecified atom stereocenters. The standard InChI is InChI=1S/C24H25N5O3S/c1-14(2)21(31)25-18-9-6-8-16(11-18)22(32)26-24-28-27-23(33-24)17-12-20(30)29(13-17)19-10-5-4-7-15(19)3/h4-11,14,17H,12-13H2,1-3H3,(H,25,31)(H,26,28,32)/t17-/m0/s1. The summed E-state index contributed by atoms with van der Waals surface area (Å²) in [6, 6.07) is 14.5. The molecule has 4 rings (SSSR count). The van der Waals surface area contributed by atoms with E-state index in [1.807, 2.05) is 31.2 Å². The Labute approximate surface area is 196 Å². The van der Waals surface area contributed by atoms with Crippen molar-refractivity contribution >= 4 is 45.6 Å². The van der Waals surface area contributed by atoms with E-state index in [4.69, 9.17) is 0 Å². The van der Waals surface area contributed by atoms with Gasteiger partial charge in [-0.3, -0.25) is 19.7 Å². The lowest BCUT2D eigenvalue weighted by Crippen LogP contribution is -2.25. The van der Waals surface area contributed by atoms with Gasteiger partial charge >= 0.3 is 0 Å². The first-order chi connectivity index (χ1) is 15.8. The fourth-order valence-corrected chi connectivity index (χ4v) is 4.45. The van der Waals surface area contributed by atoms with Crippen LogP contribution in [0.3, 0.4) is 0 Å². The summed E-state index contributed by atoms with van der Waals surface area (Å²) in [4.78, 5) is 39.0. The SMILES string of the molecule is Cc1ccccc1N1C[C@@H](c2nnc(NC(=O)c3cccc(NC(=O)C(C)C)c3)s2)CC1=O. The number of anilines is 3. The van der Waals surface area contributed by atoms with Crippen LogP contribution in [-0.2, 0) is 9.59 Å². The Morgan fingerprint density at radius 2 is 1.88 bits per heavy atom. The Balaban J connectivity index is 1.42. The molecule has 3 aromatic rings. The highest BCUT2D eigenvalue weighted by Crippen LogP contribution is 2.35. The monoisotopic (exact) mass is 463 g/mol. The van der Waals surface area contributed by atoms with Crippen molar-refractivity contribution in [2.45, 2.75) is 33.1 Å². The molecule has 2 N–H and O–H groups in total. The maximum atomic E-state index is 12.7. The van der Waals surface area contributed by atoms with Gasteiger partial charge in [-0.15, -0.1) is 10.2 Å². The maximum absolute atomic E-state index is 12.7. The van der Waals surface area contributed by atoms with E-state index in [-0.39, 0.29) is 29.6 Å². The van der Waals surface area contributed by atoms with E-state index >= 15 is 0 Å². The van der Waals surface area contributed by atoms with Gasteiger partial charge in [-0.05, 0) is 36.8 Å². The van der Waals surface area contributed by atoms with E-state index in [0.29, 0.717) is 34.4 Å². The normalized spacial score (nSPS) is 15.7. The molecule has 1 saturated heterocycles. The fourth-order valence-electron chi connectivity index (χ4n) is 3.62. The van der Waals surface area contributed by atoms with Gasteiger partial charge in [0, 0.05) is 41.7 Å². The molecular weight excluding hydrogens is 438 g/mol. The Kier molecular flexibility index (Phi) is 6.50. The van der Waals surface area contributed by atoms with Crippen LogP contribution in [0.25, 0.3) is 0 Å². The number of aromatic nitrogens is 2.